The van der Waals surface area contributed by atoms with Gasteiger partial charge in [-0.2, -0.15) is 0 Å². The molecule has 4 nitrogen and oxygen atoms in total. The molecule has 1 heterocycles. The van der Waals surface area contributed by atoms with Gasteiger partial charge in [0.1, 0.15) is 5.60 Å². The number of ether oxygens (including phenoxy) is 2. The minimum atomic E-state index is -0.413. The summed E-state index contributed by atoms with van der Waals surface area (Å²) in [4.78, 5) is 11.5. The first kappa shape index (κ1) is 11.3. The molecule has 2 unspecified atom stereocenters. The molecule has 0 aromatic heterocycles. The molecular weight excluding hydrogens is 218 g/mol. The largest absolute Gasteiger partial charge is 0.444 e. The van der Waals surface area contributed by atoms with E-state index in [4.69, 9.17) is 9.47 Å². The van der Waals surface area contributed by atoms with Crippen molar-refractivity contribution in [2.24, 2.45) is 17.8 Å². The number of nitrogens with one attached hydrogen (secondary N) is 1. The van der Waals surface area contributed by atoms with Gasteiger partial charge >= 0.3 is 6.09 Å². The Morgan fingerprint density at radius 3 is 2.71 bits per heavy atom. The second-order valence-electron chi connectivity index (χ2n) is 6.60. The summed E-state index contributed by atoms with van der Waals surface area (Å²) < 4.78 is 10.8. The first-order valence-electron chi connectivity index (χ1n) is 6.56. The molecule has 1 amide bonds. The minimum absolute atomic E-state index is 0.298. The van der Waals surface area contributed by atoms with Gasteiger partial charge in [-0.3, -0.25) is 0 Å². The monoisotopic (exact) mass is 239 g/mol. The van der Waals surface area contributed by atoms with Crippen molar-refractivity contribution >= 4 is 6.09 Å². The Hall–Kier alpha value is -0.770. The second kappa shape index (κ2) is 3.61. The third kappa shape index (κ3) is 2.15. The van der Waals surface area contributed by atoms with Crippen molar-refractivity contribution < 1.29 is 14.3 Å². The van der Waals surface area contributed by atoms with Crippen molar-refractivity contribution in [2.45, 2.75) is 51.4 Å². The second-order valence-corrected chi connectivity index (χ2v) is 6.60. The van der Waals surface area contributed by atoms with Crippen LogP contribution in [0.3, 0.4) is 0 Å². The quantitative estimate of drug-likeness (QED) is 0.749. The topological polar surface area (TPSA) is 50.9 Å². The molecule has 3 rings (SSSR count). The fourth-order valence-electron chi connectivity index (χ4n) is 3.50. The fraction of sp³-hybridized carbons (Fsp3) is 0.923. The lowest BCUT2D eigenvalue weighted by atomic mass is 9.89. The van der Waals surface area contributed by atoms with E-state index in [1.165, 1.54) is 12.8 Å². The van der Waals surface area contributed by atoms with Crippen molar-refractivity contribution in [3.8, 4) is 0 Å². The summed E-state index contributed by atoms with van der Waals surface area (Å²) in [5.41, 5.74) is -0.413. The summed E-state index contributed by atoms with van der Waals surface area (Å²) in [6, 6.07) is 0. The zero-order valence-corrected chi connectivity index (χ0v) is 10.7. The molecule has 3 fully saturated rings. The maximum atomic E-state index is 11.5. The molecule has 2 aliphatic carbocycles. The van der Waals surface area contributed by atoms with Gasteiger partial charge in [0.2, 0.25) is 0 Å². The number of alkyl carbamates (subject to hydrolysis) is 1. The average molecular weight is 239 g/mol. The Bertz CT molecular complexity index is 336. The van der Waals surface area contributed by atoms with E-state index < -0.39 is 5.60 Å². The van der Waals surface area contributed by atoms with Crippen LogP contribution in [0.15, 0.2) is 0 Å². The molecule has 17 heavy (non-hydrogen) atoms. The predicted molar refractivity (Wildman–Crippen MR) is 62.6 cm³/mol. The normalized spacial score (nSPS) is 42.2. The van der Waals surface area contributed by atoms with E-state index in [1.807, 2.05) is 20.8 Å². The molecule has 96 valence electrons. The third-order valence-electron chi connectivity index (χ3n) is 4.14. The highest BCUT2D eigenvalue weighted by molar-refractivity contribution is 5.67. The number of hydrogen-bond donors (Lipinski definition) is 1. The van der Waals surface area contributed by atoms with Crippen LogP contribution in [-0.4, -0.2) is 30.4 Å². The Kier molecular flexibility index (Phi) is 2.41. The Labute approximate surface area is 102 Å². The molecule has 0 radical (unpaired) electrons. The molecular formula is C13H21NO3. The highest BCUT2D eigenvalue weighted by Crippen LogP contribution is 2.58. The average Bonchev–Trinajstić information content (AvgIpc) is 2.80. The SMILES string of the molecule is CC(C)(C)OC(=O)NC[C@H]1C[C@@H]2C[C@H]1C1OC12. The van der Waals surface area contributed by atoms with Crippen molar-refractivity contribution in [1.82, 2.24) is 5.32 Å². The van der Waals surface area contributed by atoms with Crippen LogP contribution in [0.25, 0.3) is 0 Å². The van der Waals surface area contributed by atoms with E-state index in [9.17, 15) is 4.79 Å². The molecule has 3 aliphatic rings. The van der Waals surface area contributed by atoms with Gasteiger partial charge in [0.15, 0.2) is 0 Å². The molecule has 2 bridgehead atoms. The molecule has 0 spiro atoms. The zero-order valence-electron chi connectivity index (χ0n) is 10.7. The van der Waals surface area contributed by atoms with E-state index in [0.717, 1.165) is 12.5 Å². The Morgan fingerprint density at radius 1 is 1.35 bits per heavy atom. The third-order valence-corrected chi connectivity index (χ3v) is 4.14. The molecule has 2 saturated carbocycles. The summed E-state index contributed by atoms with van der Waals surface area (Å²) in [7, 11) is 0. The van der Waals surface area contributed by atoms with E-state index in [0.29, 0.717) is 24.0 Å². The Balaban J connectivity index is 1.45. The summed E-state index contributed by atoms with van der Waals surface area (Å²) in [5, 5.41) is 2.89. The number of fused-ring (bicyclic) bond motifs is 5. The lowest BCUT2D eigenvalue weighted by Gasteiger charge is -2.23. The van der Waals surface area contributed by atoms with Crippen LogP contribution in [0, 0.1) is 17.8 Å². The maximum Gasteiger partial charge on any atom is 0.407 e. The summed E-state index contributed by atoms with van der Waals surface area (Å²) >= 11 is 0. The van der Waals surface area contributed by atoms with Crippen molar-refractivity contribution in [2.75, 3.05) is 6.54 Å². The van der Waals surface area contributed by atoms with Crippen LogP contribution in [0.2, 0.25) is 0 Å². The summed E-state index contributed by atoms with van der Waals surface area (Å²) in [5.74, 6) is 2.03. The number of carbonyl (C=O) groups is 1. The number of carbonyl (C=O) groups excluding carboxylic acids is 1. The van der Waals surface area contributed by atoms with Crippen LogP contribution in [0.4, 0.5) is 4.79 Å². The van der Waals surface area contributed by atoms with Crippen molar-refractivity contribution in [3.05, 3.63) is 0 Å². The molecule has 5 atom stereocenters. The highest BCUT2D eigenvalue weighted by Gasteiger charge is 2.62. The van der Waals surface area contributed by atoms with Crippen LogP contribution in [0.1, 0.15) is 33.6 Å². The highest BCUT2D eigenvalue weighted by atomic mass is 16.6. The van der Waals surface area contributed by atoms with Gasteiger partial charge in [0.05, 0.1) is 12.2 Å². The van der Waals surface area contributed by atoms with E-state index in [-0.39, 0.29) is 6.09 Å². The van der Waals surface area contributed by atoms with Crippen LogP contribution < -0.4 is 5.32 Å². The van der Waals surface area contributed by atoms with E-state index in [1.54, 1.807) is 0 Å². The van der Waals surface area contributed by atoms with Gasteiger partial charge in [-0.25, -0.2) is 4.79 Å². The lowest BCUT2D eigenvalue weighted by molar-refractivity contribution is 0.0513. The predicted octanol–water partition coefficient (Wildman–Crippen LogP) is 1.93. The zero-order chi connectivity index (χ0) is 12.2. The van der Waals surface area contributed by atoms with Crippen LogP contribution in [-0.2, 0) is 9.47 Å². The fourth-order valence-corrected chi connectivity index (χ4v) is 3.50. The molecule has 0 aromatic rings. The summed E-state index contributed by atoms with van der Waals surface area (Å²) in [6.45, 7) is 6.38. The first-order chi connectivity index (χ1) is 7.94. The van der Waals surface area contributed by atoms with Gasteiger partial charge in [-0.15, -0.1) is 0 Å². The number of amides is 1. The van der Waals surface area contributed by atoms with Crippen molar-refractivity contribution in [1.29, 1.82) is 0 Å². The van der Waals surface area contributed by atoms with Gasteiger partial charge in [-0.05, 0) is 51.4 Å². The minimum Gasteiger partial charge on any atom is -0.444 e. The number of hydrogen-bond acceptors (Lipinski definition) is 3. The summed E-state index contributed by atoms with van der Waals surface area (Å²) in [6.07, 6.45) is 3.29. The lowest BCUT2D eigenvalue weighted by Crippen LogP contribution is -2.37. The van der Waals surface area contributed by atoms with Gasteiger partial charge in [0, 0.05) is 6.54 Å². The van der Waals surface area contributed by atoms with E-state index in [2.05, 4.69) is 5.32 Å². The number of rotatable bonds is 2. The number of epoxide rings is 1. The van der Waals surface area contributed by atoms with Gasteiger partial charge in [0.25, 0.3) is 0 Å². The smallest absolute Gasteiger partial charge is 0.407 e. The molecule has 4 heteroatoms. The Morgan fingerprint density at radius 2 is 2.12 bits per heavy atom. The van der Waals surface area contributed by atoms with Crippen molar-refractivity contribution in [3.63, 3.8) is 0 Å². The first-order valence-corrected chi connectivity index (χ1v) is 6.56. The molecule has 0 aromatic carbocycles. The van der Waals surface area contributed by atoms with Crippen LogP contribution >= 0.6 is 0 Å². The van der Waals surface area contributed by atoms with E-state index >= 15 is 0 Å². The molecule has 1 saturated heterocycles. The van der Waals surface area contributed by atoms with Crippen LogP contribution in [0.5, 0.6) is 0 Å². The standard InChI is InChI=1S/C13H21NO3/c1-13(2,3)17-12(15)14-6-8-4-7-5-9(8)11-10(7)16-11/h7-11H,4-6H2,1-3H3,(H,14,15)/t7-,8-,9-,10?,11?/m1/s1. The van der Waals surface area contributed by atoms with Gasteiger partial charge in [-0.1, -0.05) is 0 Å². The molecule has 1 N–H and O–H groups in total. The van der Waals surface area contributed by atoms with Gasteiger partial charge < -0.3 is 14.8 Å². The maximum absolute atomic E-state index is 11.5. The molecule has 1 aliphatic heterocycles.